The molecule has 0 aliphatic carbocycles. The first-order valence-corrected chi connectivity index (χ1v) is 11.4. The fourth-order valence-corrected chi connectivity index (χ4v) is 4.57. The Morgan fingerprint density at radius 1 is 1.06 bits per heavy atom. The standard InChI is InChI=1S/C31H29N2O/c1-19(2)15-22-17-21(4)33(6)27(18-22)28-20(3)16-25(23-11-8-7-9-12-23)29-24-13-10-14-26(32-5)30(24)34-31(28)29/h7-14,16-19H,15H2,1-4,6H3/q+1/i15D2,17D,18D. The van der Waals surface area contributed by atoms with Crippen LogP contribution in [0, 0.1) is 26.3 Å². The molecule has 0 spiro atoms. The molecule has 2 heterocycles. The molecule has 5 rings (SSSR count). The number of hydrogen-bond donors (Lipinski definition) is 0. The van der Waals surface area contributed by atoms with Crippen LogP contribution in [0.15, 0.2) is 71.1 Å². The highest BCUT2D eigenvalue weighted by Crippen LogP contribution is 2.45. The van der Waals surface area contributed by atoms with E-state index < -0.39 is 12.3 Å². The summed E-state index contributed by atoms with van der Waals surface area (Å²) in [6, 6.07) is 17.6. The van der Waals surface area contributed by atoms with Crippen molar-refractivity contribution in [3.05, 3.63) is 94.9 Å². The average molecular weight is 450 g/mol. The van der Waals surface area contributed by atoms with Crippen molar-refractivity contribution in [2.45, 2.75) is 34.1 Å². The molecule has 0 radical (unpaired) electrons. The number of nitrogens with zero attached hydrogens (tertiary/aromatic N) is 2. The summed E-state index contributed by atoms with van der Waals surface area (Å²) < 4.78 is 43.9. The lowest BCUT2D eigenvalue weighted by atomic mass is 9.91. The number of para-hydroxylation sites is 1. The molecule has 0 bridgehead atoms. The molecule has 168 valence electrons. The Bertz CT molecular complexity index is 1780. The van der Waals surface area contributed by atoms with Crippen molar-refractivity contribution in [1.82, 2.24) is 0 Å². The van der Waals surface area contributed by atoms with Gasteiger partial charge in [-0.15, -0.1) is 0 Å². The minimum Gasteiger partial charge on any atom is -0.466 e. The molecule has 0 atom stereocenters. The number of hydrogen-bond acceptors (Lipinski definition) is 1. The SMILES string of the molecule is [2H]c1c(C([2H])([2H])C(C)C)c([2H])c(-c2c(C)cc(-c3ccccc3)c3c2oc2c([N+]#[C-])cccc23)[n+](C)c1C. The van der Waals surface area contributed by atoms with Crippen LogP contribution in [0.5, 0.6) is 0 Å². The van der Waals surface area contributed by atoms with Crippen molar-refractivity contribution in [3.8, 4) is 22.4 Å². The van der Waals surface area contributed by atoms with E-state index in [2.05, 4.69) is 10.9 Å². The van der Waals surface area contributed by atoms with Gasteiger partial charge in [0.05, 0.1) is 14.9 Å². The number of aryl methyl sites for hydroxylation is 1. The maximum Gasteiger partial charge on any atom is 0.229 e. The lowest BCUT2D eigenvalue weighted by molar-refractivity contribution is -0.666. The van der Waals surface area contributed by atoms with Gasteiger partial charge in [0.25, 0.3) is 0 Å². The van der Waals surface area contributed by atoms with Gasteiger partial charge in [0.2, 0.25) is 11.4 Å². The lowest BCUT2D eigenvalue weighted by Crippen LogP contribution is -2.35. The zero-order valence-corrected chi connectivity index (χ0v) is 20.1. The first-order valence-electron chi connectivity index (χ1n) is 13.4. The smallest absolute Gasteiger partial charge is 0.229 e. The first-order chi connectivity index (χ1) is 18.0. The van der Waals surface area contributed by atoms with Gasteiger partial charge in [-0.1, -0.05) is 62.4 Å². The summed E-state index contributed by atoms with van der Waals surface area (Å²) in [6.45, 7) is 15.0. The van der Waals surface area contributed by atoms with Crippen LogP contribution in [-0.4, -0.2) is 0 Å². The predicted molar refractivity (Wildman–Crippen MR) is 140 cm³/mol. The van der Waals surface area contributed by atoms with Crippen LogP contribution >= 0.6 is 0 Å². The summed E-state index contributed by atoms with van der Waals surface area (Å²) in [5.41, 5.74) is 6.07. The van der Waals surface area contributed by atoms with E-state index in [4.69, 9.17) is 15.1 Å². The predicted octanol–water partition coefficient (Wildman–Crippen LogP) is 8.11. The highest BCUT2D eigenvalue weighted by molar-refractivity contribution is 6.18. The molecular formula is C31H29N2O+. The molecule has 2 aromatic heterocycles. The topological polar surface area (TPSA) is 21.4 Å². The zero-order valence-electron chi connectivity index (χ0n) is 24.1. The molecule has 0 saturated heterocycles. The number of aromatic nitrogens is 1. The minimum atomic E-state index is -1.87. The maximum atomic E-state index is 9.24. The number of benzene rings is 3. The molecule has 3 aromatic carbocycles. The van der Waals surface area contributed by atoms with Crippen molar-refractivity contribution in [1.29, 1.82) is 0 Å². The molecule has 0 fully saturated rings. The van der Waals surface area contributed by atoms with E-state index in [0.717, 1.165) is 27.5 Å². The van der Waals surface area contributed by atoms with Gasteiger partial charge in [0.15, 0.2) is 5.69 Å². The third-order valence-electron chi connectivity index (χ3n) is 6.21. The highest BCUT2D eigenvalue weighted by Gasteiger charge is 2.26. The van der Waals surface area contributed by atoms with Crippen LogP contribution in [0.2, 0.25) is 0 Å². The summed E-state index contributed by atoms with van der Waals surface area (Å²) in [7, 11) is 1.80. The Morgan fingerprint density at radius 3 is 2.53 bits per heavy atom. The van der Waals surface area contributed by atoms with Gasteiger partial charge in [-0.3, -0.25) is 0 Å². The normalized spacial score (nSPS) is 13.6. The van der Waals surface area contributed by atoms with Gasteiger partial charge in [-0.05, 0) is 47.5 Å². The second kappa shape index (κ2) is 8.47. The van der Waals surface area contributed by atoms with Gasteiger partial charge in [0.1, 0.15) is 18.2 Å². The van der Waals surface area contributed by atoms with Crippen LogP contribution in [0.25, 0.3) is 49.2 Å². The third kappa shape index (κ3) is 3.56. The molecule has 34 heavy (non-hydrogen) atoms. The highest BCUT2D eigenvalue weighted by atomic mass is 16.3. The summed E-state index contributed by atoms with van der Waals surface area (Å²) in [5, 5.41) is 1.66. The van der Waals surface area contributed by atoms with Crippen molar-refractivity contribution in [3.63, 3.8) is 0 Å². The first kappa shape index (κ1) is 17.6. The van der Waals surface area contributed by atoms with Crippen LogP contribution in [0.3, 0.4) is 0 Å². The number of pyridine rings is 1. The Balaban J connectivity index is 2.01. The second-order valence-corrected chi connectivity index (χ2v) is 8.97. The molecule has 0 amide bonds. The van der Waals surface area contributed by atoms with E-state index in [1.165, 1.54) is 0 Å². The molecule has 0 aliphatic rings. The Kier molecular flexibility index (Phi) is 4.37. The van der Waals surface area contributed by atoms with E-state index in [1.807, 2.05) is 49.4 Å². The summed E-state index contributed by atoms with van der Waals surface area (Å²) in [4.78, 5) is 3.69. The Morgan fingerprint density at radius 2 is 1.82 bits per heavy atom. The lowest BCUT2D eigenvalue weighted by Gasteiger charge is -2.13. The van der Waals surface area contributed by atoms with E-state index in [9.17, 15) is 1.37 Å². The molecular weight excluding hydrogens is 416 g/mol. The summed E-state index contributed by atoms with van der Waals surface area (Å²) >= 11 is 0. The van der Waals surface area contributed by atoms with E-state index >= 15 is 0 Å². The largest absolute Gasteiger partial charge is 0.466 e. The fraction of sp³-hybridized carbons (Fsp3) is 0.226. The summed E-state index contributed by atoms with van der Waals surface area (Å²) in [5.74, 6) is -0.426. The van der Waals surface area contributed by atoms with Crippen molar-refractivity contribution >= 4 is 27.6 Å². The van der Waals surface area contributed by atoms with Gasteiger partial charge in [0, 0.05) is 32.5 Å². The second-order valence-electron chi connectivity index (χ2n) is 8.97. The zero-order chi connectivity index (χ0) is 27.5. The van der Waals surface area contributed by atoms with Gasteiger partial charge in [-0.2, -0.15) is 4.57 Å². The third-order valence-corrected chi connectivity index (χ3v) is 6.21. The van der Waals surface area contributed by atoms with E-state index in [1.54, 1.807) is 38.5 Å². The molecule has 0 aliphatic heterocycles. The fourth-order valence-electron chi connectivity index (χ4n) is 4.57. The number of fused-ring (bicyclic) bond motifs is 3. The van der Waals surface area contributed by atoms with Crippen molar-refractivity contribution in [2.24, 2.45) is 13.0 Å². The van der Waals surface area contributed by atoms with Crippen LogP contribution in [0.1, 0.15) is 36.2 Å². The Labute approximate surface area is 206 Å². The molecule has 3 heteroatoms. The quantitative estimate of drug-likeness (QED) is 0.200. The van der Waals surface area contributed by atoms with Crippen LogP contribution in [0.4, 0.5) is 5.69 Å². The van der Waals surface area contributed by atoms with E-state index in [-0.39, 0.29) is 17.6 Å². The van der Waals surface area contributed by atoms with E-state index in [0.29, 0.717) is 33.8 Å². The molecule has 5 aromatic rings. The minimum absolute atomic E-state index is 0.0236. The monoisotopic (exact) mass is 449 g/mol. The maximum absolute atomic E-state index is 9.24. The summed E-state index contributed by atoms with van der Waals surface area (Å²) in [6.07, 6.45) is -1.87. The van der Waals surface area contributed by atoms with Gasteiger partial charge >= 0.3 is 0 Å². The number of rotatable bonds is 4. The Hall–Kier alpha value is -3.90. The molecule has 0 unspecified atom stereocenters. The van der Waals surface area contributed by atoms with Crippen LogP contribution in [-0.2, 0) is 13.4 Å². The average Bonchev–Trinajstić information content (AvgIpc) is 3.28. The van der Waals surface area contributed by atoms with Gasteiger partial charge in [-0.25, -0.2) is 4.85 Å². The molecule has 0 saturated carbocycles. The van der Waals surface area contributed by atoms with Gasteiger partial charge < -0.3 is 4.42 Å². The van der Waals surface area contributed by atoms with Crippen molar-refractivity contribution < 1.29 is 14.5 Å². The number of furan rings is 1. The molecule has 3 nitrogen and oxygen atoms in total. The van der Waals surface area contributed by atoms with Crippen molar-refractivity contribution in [2.75, 3.05) is 0 Å². The molecule has 0 N–H and O–H groups in total. The van der Waals surface area contributed by atoms with Crippen LogP contribution < -0.4 is 4.57 Å².